The largest absolute Gasteiger partial charge is 0.481 e. The molecule has 3 nitrogen and oxygen atoms in total. The maximum atomic E-state index is 10.9. The van der Waals surface area contributed by atoms with Gasteiger partial charge in [0, 0.05) is 16.7 Å². The van der Waals surface area contributed by atoms with E-state index in [0.29, 0.717) is 5.92 Å². The Morgan fingerprint density at radius 2 is 2.05 bits per heavy atom. The Morgan fingerprint density at radius 1 is 1.37 bits per heavy atom. The molecule has 0 atom stereocenters. The lowest BCUT2D eigenvalue weighted by atomic mass is 9.82. The van der Waals surface area contributed by atoms with Gasteiger partial charge in [0.15, 0.2) is 0 Å². The normalized spacial score (nSPS) is 23.1. The Morgan fingerprint density at radius 3 is 2.68 bits per heavy atom. The number of hydrogen-bond acceptors (Lipinski definition) is 2. The van der Waals surface area contributed by atoms with E-state index in [0.717, 1.165) is 42.4 Å². The van der Waals surface area contributed by atoms with Gasteiger partial charge in [-0.05, 0) is 56.2 Å². The number of benzene rings is 1. The molecule has 19 heavy (non-hydrogen) atoms. The highest BCUT2D eigenvalue weighted by Gasteiger charge is 2.25. The summed E-state index contributed by atoms with van der Waals surface area (Å²) < 4.78 is 1.08. The van der Waals surface area contributed by atoms with Crippen molar-refractivity contribution in [3.63, 3.8) is 0 Å². The molecular formula is C15H20BrNO2. The average Bonchev–Trinajstić information content (AvgIpc) is 2.40. The summed E-state index contributed by atoms with van der Waals surface area (Å²) in [6.07, 6.45) is 3.66. The summed E-state index contributed by atoms with van der Waals surface area (Å²) in [6.45, 7) is 3.03. The zero-order chi connectivity index (χ0) is 13.8. The van der Waals surface area contributed by atoms with Gasteiger partial charge in [0.05, 0.1) is 5.92 Å². The van der Waals surface area contributed by atoms with Crippen LogP contribution in [0.1, 0.15) is 31.2 Å². The molecule has 0 bridgehead atoms. The topological polar surface area (TPSA) is 49.3 Å². The fourth-order valence-corrected chi connectivity index (χ4v) is 3.01. The quantitative estimate of drug-likeness (QED) is 0.877. The molecule has 1 aliphatic rings. The molecule has 0 saturated heterocycles. The third-order valence-electron chi connectivity index (χ3n) is 3.98. The van der Waals surface area contributed by atoms with E-state index in [-0.39, 0.29) is 5.92 Å². The van der Waals surface area contributed by atoms with E-state index in [2.05, 4.69) is 40.3 Å². The molecule has 0 unspecified atom stereocenters. The van der Waals surface area contributed by atoms with Crippen LogP contribution in [-0.2, 0) is 4.79 Å². The molecule has 1 aliphatic carbocycles. The van der Waals surface area contributed by atoms with Crippen LogP contribution in [0.5, 0.6) is 0 Å². The van der Waals surface area contributed by atoms with Crippen molar-refractivity contribution in [1.29, 1.82) is 0 Å². The fraction of sp³-hybridized carbons (Fsp3) is 0.533. The van der Waals surface area contributed by atoms with Gasteiger partial charge in [0.1, 0.15) is 0 Å². The summed E-state index contributed by atoms with van der Waals surface area (Å²) in [6, 6.07) is 6.23. The molecule has 104 valence electrons. The highest BCUT2D eigenvalue weighted by Crippen LogP contribution is 2.29. The molecular weight excluding hydrogens is 306 g/mol. The van der Waals surface area contributed by atoms with Crippen molar-refractivity contribution >= 4 is 27.6 Å². The molecule has 0 radical (unpaired) electrons. The number of hydrogen-bond donors (Lipinski definition) is 2. The van der Waals surface area contributed by atoms with Crippen LogP contribution in [0.25, 0.3) is 0 Å². The highest BCUT2D eigenvalue weighted by molar-refractivity contribution is 9.10. The molecule has 1 saturated carbocycles. The minimum atomic E-state index is -0.630. The van der Waals surface area contributed by atoms with Crippen LogP contribution in [0.4, 0.5) is 5.69 Å². The number of halogens is 1. The van der Waals surface area contributed by atoms with Crippen molar-refractivity contribution in [1.82, 2.24) is 0 Å². The number of rotatable bonds is 4. The Bertz CT molecular complexity index is 453. The lowest BCUT2D eigenvalue weighted by Crippen LogP contribution is -2.25. The zero-order valence-corrected chi connectivity index (χ0v) is 12.7. The van der Waals surface area contributed by atoms with Crippen molar-refractivity contribution in [2.24, 2.45) is 11.8 Å². The van der Waals surface area contributed by atoms with E-state index in [1.54, 1.807) is 0 Å². The van der Waals surface area contributed by atoms with Crippen molar-refractivity contribution in [2.75, 3.05) is 11.9 Å². The van der Waals surface area contributed by atoms with Crippen molar-refractivity contribution < 1.29 is 9.90 Å². The van der Waals surface area contributed by atoms with Gasteiger partial charge in [-0.15, -0.1) is 0 Å². The maximum absolute atomic E-state index is 10.9. The molecule has 0 heterocycles. The van der Waals surface area contributed by atoms with Gasteiger partial charge in [-0.25, -0.2) is 0 Å². The molecule has 0 spiro atoms. The third kappa shape index (κ3) is 3.96. The SMILES string of the molecule is Cc1ccc(Br)cc1NCC1CCC(C(=O)O)CC1. The Kier molecular flexibility index (Phi) is 4.86. The number of carboxylic acid groups (broad SMARTS) is 1. The monoisotopic (exact) mass is 325 g/mol. The second-order valence-electron chi connectivity index (χ2n) is 5.40. The van der Waals surface area contributed by atoms with Crippen molar-refractivity contribution in [2.45, 2.75) is 32.6 Å². The van der Waals surface area contributed by atoms with Gasteiger partial charge >= 0.3 is 5.97 Å². The minimum absolute atomic E-state index is 0.121. The van der Waals surface area contributed by atoms with E-state index < -0.39 is 5.97 Å². The van der Waals surface area contributed by atoms with Crippen molar-refractivity contribution in [3.05, 3.63) is 28.2 Å². The van der Waals surface area contributed by atoms with Crippen LogP contribution in [0.15, 0.2) is 22.7 Å². The Labute approximate surface area is 122 Å². The number of nitrogens with one attached hydrogen (secondary N) is 1. The van der Waals surface area contributed by atoms with Crippen LogP contribution >= 0.6 is 15.9 Å². The van der Waals surface area contributed by atoms with Crippen LogP contribution in [-0.4, -0.2) is 17.6 Å². The van der Waals surface area contributed by atoms with E-state index in [1.165, 1.54) is 5.56 Å². The van der Waals surface area contributed by atoms with Crippen molar-refractivity contribution in [3.8, 4) is 0 Å². The molecule has 0 amide bonds. The van der Waals surface area contributed by atoms with Gasteiger partial charge in [0.2, 0.25) is 0 Å². The highest BCUT2D eigenvalue weighted by atomic mass is 79.9. The molecule has 2 rings (SSSR count). The second kappa shape index (κ2) is 6.42. The molecule has 0 aliphatic heterocycles. The Hall–Kier alpha value is -1.03. The molecule has 4 heteroatoms. The summed E-state index contributed by atoms with van der Waals surface area (Å²) in [5.74, 6) is -0.160. The molecule has 1 aromatic carbocycles. The second-order valence-corrected chi connectivity index (χ2v) is 6.31. The first-order valence-corrected chi connectivity index (χ1v) is 7.58. The Balaban J connectivity index is 1.83. The minimum Gasteiger partial charge on any atom is -0.481 e. The van der Waals surface area contributed by atoms with E-state index in [1.807, 2.05) is 6.07 Å². The van der Waals surface area contributed by atoms with E-state index >= 15 is 0 Å². The number of anilines is 1. The van der Waals surface area contributed by atoms with Gasteiger partial charge in [0.25, 0.3) is 0 Å². The fourth-order valence-electron chi connectivity index (χ4n) is 2.65. The number of carbonyl (C=O) groups is 1. The van der Waals surface area contributed by atoms with Gasteiger partial charge < -0.3 is 10.4 Å². The van der Waals surface area contributed by atoms with Crippen LogP contribution in [0.3, 0.4) is 0 Å². The summed E-state index contributed by atoms with van der Waals surface area (Å²) in [5.41, 5.74) is 2.40. The number of carboxylic acids is 1. The molecule has 2 N–H and O–H groups in total. The standard InChI is InChI=1S/C15H20BrNO2/c1-10-2-7-13(16)8-14(10)17-9-11-3-5-12(6-4-11)15(18)19/h2,7-8,11-12,17H,3-6,9H2,1H3,(H,18,19). The first kappa shape index (κ1) is 14.4. The first-order valence-electron chi connectivity index (χ1n) is 6.79. The van der Waals surface area contributed by atoms with Gasteiger partial charge in [-0.2, -0.15) is 0 Å². The lowest BCUT2D eigenvalue weighted by molar-refractivity contribution is -0.143. The van der Waals surface area contributed by atoms with Gasteiger partial charge in [-0.1, -0.05) is 22.0 Å². The van der Waals surface area contributed by atoms with Crippen LogP contribution < -0.4 is 5.32 Å². The predicted molar refractivity (Wildman–Crippen MR) is 80.5 cm³/mol. The maximum Gasteiger partial charge on any atom is 0.306 e. The number of aliphatic carboxylic acids is 1. The van der Waals surface area contributed by atoms with Crippen LogP contribution in [0.2, 0.25) is 0 Å². The molecule has 1 fully saturated rings. The molecule has 1 aromatic rings. The summed E-state index contributed by atoms with van der Waals surface area (Å²) in [5, 5.41) is 12.5. The summed E-state index contributed by atoms with van der Waals surface area (Å²) >= 11 is 3.48. The summed E-state index contributed by atoms with van der Waals surface area (Å²) in [4.78, 5) is 10.9. The predicted octanol–water partition coefficient (Wildman–Crippen LogP) is 4.06. The van der Waals surface area contributed by atoms with Crippen LogP contribution in [0, 0.1) is 18.8 Å². The average molecular weight is 326 g/mol. The number of aryl methyl sites for hydroxylation is 1. The lowest BCUT2D eigenvalue weighted by Gasteiger charge is -2.26. The molecule has 0 aromatic heterocycles. The third-order valence-corrected chi connectivity index (χ3v) is 4.47. The van der Waals surface area contributed by atoms with E-state index in [4.69, 9.17) is 5.11 Å². The first-order chi connectivity index (χ1) is 9.06. The zero-order valence-electron chi connectivity index (χ0n) is 11.2. The smallest absolute Gasteiger partial charge is 0.306 e. The summed E-state index contributed by atoms with van der Waals surface area (Å²) in [7, 11) is 0. The van der Waals surface area contributed by atoms with E-state index in [9.17, 15) is 4.79 Å². The van der Waals surface area contributed by atoms with Gasteiger partial charge in [-0.3, -0.25) is 4.79 Å².